The summed E-state index contributed by atoms with van der Waals surface area (Å²) in [5.74, 6) is 0. The fourth-order valence-electron chi connectivity index (χ4n) is 2.59. The first kappa shape index (κ1) is 12.8. The van der Waals surface area contributed by atoms with Gasteiger partial charge in [-0.15, -0.1) is 0 Å². The second kappa shape index (κ2) is 4.74. The number of sulfone groups is 1. The van der Waals surface area contributed by atoms with Gasteiger partial charge in [-0.25, -0.2) is 8.42 Å². The maximum atomic E-state index is 12.4. The fraction of sp³-hybridized carbons (Fsp3) is 0.429. The van der Waals surface area contributed by atoms with Crippen LogP contribution in [0.15, 0.2) is 34.1 Å². The highest BCUT2D eigenvalue weighted by Gasteiger charge is 2.30. The van der Waals surface area contributed by atoms with E-state index in [9.17, 15) is 8.42 Å². The number of nitrogens with zero attached hydrogens (tertiary/aromatic N) is 2. The molecule has 1 fully saturated rings. The van der Waals surface area contributed by atoms with E-state index < -0.39 is 9.84 Å². The van der Waals surface area contributed by atoms with Crippen LogP contribution in [0.2, 0.25) is 0 Å². The van der Waals surface area contributed by atoms with Crippen LogP contribution in [0.1, 0.15) is 5.56 Å². The van der Waals surface area contributed by atoms with E-state index in [0.29, 0.717) is 16.3 Å². The van der Waals surface area contributed by atoms with Crippen LogP contribution >= 0.6 is 0 Å². The van der Waals surface area contributed by atoms with E-state index in [-0.39, 0.29) is 0 Å². The molecule has 1 aromatic rings. The van der Waals surface area contributed by atoms with E-state index in [1.165, 1.54) is 0 Å². The third kappa shape index (κ3) is 2.33. The van der Waals surface area contributed by atoms with Crippen molar-refractivity contribution in [2.75, 3.05) is 39.8 Å². The van der Waals surface area contributed by atoms with Gasteiger partial charge >= 0.3 is 0 Å². The van der Waals surface area contributed by atoms with Gasteiger partial charge in [-0.2, -0.15) is 0 Å². The molecule has 2 aliphatic heterocycles. The molecule has 0 saturated carbocycles. The number of likely N-dealkylation sites (N-methyl/N-ethyl adjacent to an activating group) is 1. The third-order valence-electron chi connectivity index (χ3n) is 3.85. The highest BCUT2D eigenvalue weighted by atomic mass is 32.2. The predicted molar refractivity (Wildman–Crippen MR) is 75.5 cm³/mol. The van der Waals surface area contributed by atoms with Gasteiger partial charge in [0.15, 0.2) is 0 Å². The van der Waals surface area contributed by atoms with Crippen LogP contribution in [0.4, 0.5) is 0 Å². The average molecular weight is 278 g/mol. The molecular weight excluding hydrogens is 260 g/mol. The van der Waals surface area contributed by atoms with Crippen molar-refractivity contribution >= 4 is 15.9 Å². The van der Waals surface area contributed by atoms with E-state index in [0.717, 1.165) is 31.7 Å². The second-order valence-corrected chi connectivity index (χ2v) is 7.20. The molecule has 1 saturated heterocycles. The fourth-order valence-corrected chi connectivity index (χ4v) is 4.21. The van der Waals surface area contributed by atoms with E-state index in [1.54, 1.807) is 12.1 Å². The molecule has 0 amide bonds. The number of hydrogen-bond donors (Lipinski definition) is 0. The lowest BCUT2D eigenvalue weighted by Gasteiger charge is -2.32. The molecule has 19 heavy (non-hydrogen) atoms. The summed E-state index contributed by atoms with van der Waals surface area (Å²) in [6.45, 7) is 4.39. The Morgan fingerprint density at radius 1 is 1.11 bits per heavy atom. The van der Waals surface area contributed by atoms with Crippen molar-refractivity contribution < 1.29 is 8.42 Å². The first-order chi connectivity index (χ1) is 9.07. The largest absolute Gasteiger partial charge is 0.304 e. The van der Waals surface area contributed by atoms with Gasteiger partial charge in [-0.05, 0) is 24.8 Å². The Morgan fingerprint density at radius 3 is 2.47 bits per heavy atom. The minimum Gasteiger partial charge on any atom is -0.304 e. The number of fused-ring (bicyclic) bond motifs is 1. The molecular formula is C14H18N2O2S. The summed E-state index contributed by atoms with van der Waals surface area (Å²) in [6, 6.07) is 7.22. The van der Waals surface area contributed by atoms with Crippen LogP contribution in [0, 0.1) is 0 Å². The van der Waals surface area contributed by atoms with Crippen molar-refractivity contribution in [3.63, 3.8) is 0 Å². The standard InChI is InChI=1S/C14H18N2O2S/c1-15-6-8-16(9-7-15)11-13-10-12-4-2-3-5-14(12)19(13,17)18/h2-5,10H,6-9,11H2,1H3. The molecule has 4 nitrogen and oxygen atoms in total. The zero-order valence-corrected chi connectivity index (χ0v) is 11.9. The average Bonchev–Trinajstić information content (AvgIpc) is 2.65. The SMILES string of the molecule is CN1CCN(CC2=Cc3ccccc3S2(=O)=O)CC1. The number of hydrogen-bond acceptors (Lipinski definition) is 4. The zero-order valence-electron chi connectivity index (χ0n) is 11.0. The van der Waals surface area contributed by atoms with Crippen LogP contribution in [-0.4, -0.2) is 58.0 Å². The van der Waals surface area contributed by atoms with Crippen molar-refractivity contribution in [2.24, 2.45) is 0 Å². The Balaban J connectivity index is 1.80. The summed E-state index contributed by atoms with van der Waals surface area (Å²) >= 11 is 0. The van der Waals surface area contributed by atoms with Crippen LogP contribution in [0.3, 0.4) is 0 Å². The van der Waals surface area contributed by atoms with Crippen LogP contribution in [0.5, 0.6) is 0 Å². The lowest BCUT2D eigenvalue weighted by Crippen LogP contribution is -2.45. The molecule has 0 atom stereocenters. The lowest BCUT2D eigenvalue weighted by atomic mass is 10.2. The quantitative estimate of drug-likeness (QED) is 0.811. The summed E-state index contributed by atoms with van der Waals surface area (Å²) in [5, 5.41) is 0. The maximum Gasteiger partial charge on any atom is 0.204 e. The summed E-state index contributed by atoms with van der Waals surface area (Å²) in [5.41, 5.74) is 0.826. The van der Waals surface area contributed by atoms with Crippen molar-refractivity contribution in [1.82, 2.24) is 9.80 Å². The molecule has 0 bridgehead atoms. The molecule has 0 radical (unpaired) electrons. The maximum absolute atomic E-state index is 12.4. The molecule has 0 aromatic heterocycles. The highest BCUT2D eigenvalue weighted by Crippen LogP contribution is 2.32. The van der Waals surface area contributed by atoms with Gasteiger partial charge in [-0.1, -0.05) is 18.2 Å². The summed E-state index contributed by atoms with van der Waals surface area (Å²) in [6.07, 6.45) is 1.82. The van der Waals surface area contributed by atoms with E-state index >= 15 is 0 Å². The van der Waals surface area contributed by atoms with Gasteiger partial charge < -0.3 is 4.90 Å². The van der Waals surface area contributed by atoms with Gasteiger partial charge in [0, 0.05) is 32.7 Å². The highest BCUT2D eigenvalue weighted by molar-refractivity contribution is 7.95. The molecule has 0 N–H and O–H groups in total. The normalized spacial score (nSPS) is 23.1. The number of piperazine rings is 1. The van der Waals surface area contributed by atoms with E-state index in [1.807, 2.05) is 18.2 Å². The van der Waals surface area contributed by atoms with Gasteiger partial charge in [-0.3, -0.25) is 4.90 Å². The molecule has 102 valence electrons. The molecule has 0 aliphatic carbocycles. The first-order valence-electron chi connectivity index (χ1n) is 6.53. The molecule has 0 spiro atoms. The smallest absolute Gasteiger partial charge is 0.204 e. The van der Waals surface area contributed by atoms with Gasteiger partial charge in [0.1, 0.15) is 0 Å². The molecule has 5 heteroatoms. The minimum atomic E-state index is -3.25. The molecule has 3 rings (SSSR count). The Bertz CT molecular complexity index is 614. The first-order valence-corrected chi connectivity index (χ1v) is 8.01. The van der Waals surface area contributed by atoms with Crippen LogP contribution < -0.4 is 0 Å². The van der Waals surface area contributed by atoms with Crippen molar-refractivity contribution in [2.45, 2.75) is 4.90 Å². The van der Waals surface area contributed by atoms with Gasteiger partial charge in [0.25, 0.3) is 0 Å². The molecule has 2 heterocycles. The molecule has 1 aromatic carbocycles. The second-order valence-electron chi connectivity index (χ2n) is 5.23. The van der Waals surface area contributed by atoms with Crippen molar-refractivity contribution in [3.05, 3.63) is 34.7 Å². The predicted octanol–water partition coefficient (Wildman–Crippen LogP) is 1.06. The third-order valence-corrected chi connectivity index (χ3v) is 5.73. The Kier molecular flexibility index (Phi) is 3.20. The summed E-state index contributed by atoms with van der Waals surface area (Å²) in [4.78, 5) is 5.48. The zero-order chi connectivity index (χ0) is 13.5. The topological polar surface area (TPSA) is 40.6 Å². The van der Waals surface area contributed by atoms with Gasteiger partial charge in [0.05, 0.1) is 9.80 Å². The van der Waals surface area contributed by atoms with Crippen LogP contribution in [0.25, 0.3) is 6.08 Å². The lowest BCUT2D eigenvalue weighted by molar-refractivity contribution is 0.166. The minimum absolute atomic E-state index is 0.458. The van der Waals surface area contributed by atoms with Crippen molar-refractivity contribution in [1.29, 1.82) is 0 Å². The summed E-state index contributed by atoms with van der Waals surface area (Å²) in [7, 11) is -1.16. The monoisotopic (exact) mass is 278 g/mol. The molecule has 2 aliphatic rings. The van der Waals surface area contributed by atoms with E-state index in [2.05, 4.69) is 16.8 Å². The van der Waals surface area contributed by atoms with Crippen LogP contribution in [-0.2, 0) is 9.84 Å². The van der Waals surface area contributed by atoms with Gasteiger partial charge in [0.2, 0.25) is 9.84 Å². The number of rotatable bonds is 2. The molecule has 0 unspecified atom stereocenters. The Hall–Kier alpha value is -1.17. The Morgan fingerprint density at radius 2 is 1.79 bits per heavy atom. The summed E-state index contributed by atoms with van der Waals surface area (Å²) < 4.78 is 24.8. The van der Waals surface area contributed by atoms with E-state index in [4.69, 9.17) is 0 Å². The number of benzene rings is 1. The Labute approximate surface area is 114 Å². The van der Waals surface area contributed by atoms with Crippen molar-refractivity contribution in [3.8, 4) is 0 Å².